The highest BCUT2D eigenvalue weighted by Crippen LogP contribution is 2.19. The maximum Gasteiger partial charge on any atom is 0.303 e. The molecule has 0 radical (unpaired) electrons. The Balaban J connectivity index is 2.56. The van der Waals surface area contributed by atoms with Gasteiger partial charge in [-0.2, -0.15) is 0 Å². The molecule has 0 heterocycles. The Labute approximate surface area is 124 Å². The summed E-state index contributed by atoms with van der Waals surface area (Å²) in [5.74, 6) is -0.389. The fourth-order valence-electron chi connectivity index (χ4n) is 1.77. The Bertz CT molecular complexity index is 511. The number of nitrogens with one attached hydrogen (secondary N) is 1. The lowest BCUT2D eigenvalue weighted by atomic mass is 10.1. The summed E-state index contributed by atoms with van der Waals surface area (Å²) < 4.78 is 5.47. The lowest BCUT2D eigenvalue weighted by Gasteiger charge is -2.11. The number of carboxylic acids is 1. The average molecular weight is 291 g/mol. The van der Waals surface area contributed by atoms with Crippen molar-refractivity contribution in [3.8, 4) is 5.75 Å². The van der Waals surface area contributed by atoms with Gasteiger partial charge in [0.2, 0.25) is 5.91 Å². The van der Waals surface area contributed by atoms with Crippen molar-refractivity contribution in [1.29, 1.82) is 0 Å². The molecule has 0 saturated carbocycles. The minimum absolute atomic E-state index is 0.0400. The number of carbonyl (C=O) groups is 2. The number of benzene rings is 1. The van der Waals surface area contributed by atoms with Gasteiger partial charge in [0.1, 0.15) is 5.75 Å². The number of para-hydroxylation sites is 1. The number of carbonyl (C=O) groups excluding carboxylic acids is 1. The normalized spacial score (nSPS) is 12.1. The summed E-state index contributed by atoms with van der Waals surface area (Å²) in [5.41, 5.74) is 0.827. The number of rotatable bonds is 8. The third kappa shape index (κ3) is 6.61. The molecule has 1 unspecified atom stereocenters. The van der Waals surface area contributed by atoms with Crippen LogP contribution in [0.15, 0.2) is 30.3 Å². The van der Waals surface area contributed by atoms with Gasteiger partial charge in [-0.1, -0.05) is 18.2 Å². The summed E-state index contributed by atoms with van der Waals surface area (Å²) in [6, 6.07) is 7.27. The lowest BCUT2D eigenvalue weighted by Crippen LogP contribution is -2.31. The first-order valence-corrected chi connectivity index (χ1v) is 6.95. The molecule has 1 rings (SSSR count). The molecular formula is C16H21NO4. The van der Waals surface area contributed by atoms with Crippen molar-refractivity contribution < 1.29 is 19.4 Å². The van der Waals surface area contributed by atoms with Crippen LogP contribution >= 0.6 is 0 Å². The van der Waals surface area contributed by atoms with Gasteiger partial charge in [0.15, 0.2) is 0 Å². The standard InChI is InChI=1S/C16H21NO4/c1-3-21-14-7-5-4-6-13(14)9-10-15(18)17-12(2)8-11-16(19)20/h4-7,9-10,12H,3,8,11H2,1-2H3,(H,17,18)(H,19,20). The maximum atomic E-state index is 11.8. The van der Waals surface area contributed by atoms with Crippen LogP contribution in [-0.2, 0) is 9.59 Å². The largest absolute Gasteiger partial charge is 0.493 e. The van der Waals surface area contributed by atoms with Crippen LogP contribution in [0.5, 0.6) is 5.75 Å². The Morgan fingerprint density at radius 1 is 1.38 bits per heavy atom. The summed E-state index contributed by atoms with van der Waals surface area (Å²) in [7, 11) is 0. The van der Waals surface area contributed by atoms with Gasteiger partial charge in [-0.25, -0.2) is 0 Å². The first-order valence-electron chi connectivity index (χ1n) is 6.95. The van der Waals surface area contributed by atoms with E-state index in [1.165, 1.54) is 6.08 Å². The Morgan fingerprint density at radius 3 is 2.76 bits per heavy atom. The zero-order valence-corrected chi connectivity index (χ0v) is 12.3. The van der Waals surface area contributed by atoms with Crippen molar-refractivity contribution >= 4 is 18.0 Å². The van der Waals surface area contributed by atoms with Crippen molar-refractivity contribution in [2.45, 2.75) is 32.7 Å². The first-order chi connectivity index (χ1) is 10.0. The van der Waals surface area contributed by atoms with E-state index in [4.69, 9.17) is 9.84 Å². The molecule has 1 amide bonds. The molecule has 0 bridgehead atoms. The summed E-state index contributed by atoms with van der Waals surface area (Å²) in [6.45, 7) is 4.24. The van der Waals surface area contributed by atoms with Gasteiger partial charge in [-0.05, 0) is 32.4 Å². The van der Waals surface area contributed by atoms with E-state index in [0.717, 1.165) is 11.3 Å². The third-order valence-electron chi connectivity index (χ3n) is 2.81. The molecule has 5 nitrogen and oxygen atoms in total. The van der Waals surface area contributed by atoms with Crippen LogP contribution in [0.2, 0.25) is 0 Å². The van der Waals surface area contributed by atoms with Gasteiger partial charge in [-0.15, -0.1) is 0 Å². The van der Waals surface area contributed by atoms with Crippen LogP contribution in [0.4, 0.5) is 0 Å². The van der Waals surface area contributed by atoms with Gasteiger partial charge >= 0.3 is 5.97 Å². The molecule has 5 heteroatoms. The number of amides is 1. The third-order valence-corrected chi connectivity index (χ3v) is 2.81. The smallest absolute Gasteiger partial charge is 0.303 e. The summed E-state index contributed by atoms with van der Waals surface area (Å²) in [6.07, 6.45) is 3.56. The van der Waals surface area contributed by atoms with Gasteiger partial charge in [0.25, 0.3) is 0 Å². The van der Waals surface area contributed by atoms with E-state index in [0.29, 0.717) is 13.0 Å². The molecule has 1 aromatic carbocycles. The topological polar surface area (TPSA) is 75.6 Å². The van der Waals surface area contributed by atoms with Gasteiger partial charge in [-0.3, -0.25) is 9.59 Å². The second-order valence-electron chi connectivity index (χ2n) is 4.65. The van der Waals surface area contributed by atoms with E-state index < -0.39 is 5.97 Å². The summed E-state index contributed by atoms with van der Waals surface area (Å²) in [4.78, 5) is 22.2. The lowest BCUT2D eigenvalue weighted by molar-refractivity contribution is -0.137. The number of carboxylic acid groups (broad SMARTS) is 1. The minimum atomic E-state index is -0.864. The van der Waals surface area contributed by atoms with E-state index in [-0.39, 0.29) is 18.4 Å². The molecule has 0 fully saturated rings. The van der Waals surface area contributed by atoms with E-state index in [2.05, 4.69) is 5.32 Å². The monoisotopic (exact) mass is 291 g/mol. The van der Waals surface area contributed by atoms with Gasteiger partial charge < -0.3 is 15.2 Å². The Hall–Kier alpha value is -2.30. The molecule has 114 valence electrons. The highest BCUT2D eigenvalue weighted by Gasteiger charge is 2.07. The fourth-order valence-corrected chi connectivity index (χ4v) is 1.77. The minimum Gasteiger partial charge on any atom is -0.493 e. The molecule has 0 spiro atoms. The van der Waals surface area contributed by atoms with Crippen LogP contribution < -0.4 is 10.1 Å². The highest BCUT2D eigenvalue weighted by molar-refractivity contribution is 5.92. The SMILES string of the molecule is CCOc1ccccc1C=CC(=O)NC(C)CCC(=O)O. The molecule has 0 aliphatic rings. The van der Waals surface area contributed by atoms with Gasteiger partial charge in [0, 0.05) is 24.1 Å². The molecule has 2 N–H and O–H groups in total. The molecule has 21 heavy (non-hydrogen) atoms. The molecule has 0 saturated heterocycles. The van der Waals surface area contributed by atoms with E-state index in [9.17, 15) is 9.59 Å². The van der Waals surface area contributed by atoms with E-state index >= 15 is 0 Å². The number of hydrogen-bond donors (Lipinski definition) is 2. The second-order valence-corrected chi connectivity index (χ2v) is 4.65. The summed E-state index contributed by atoms with van der Waals surface area (Å²) in [5, 5.41) is 11.3. The first kappa shape index (κ1) is 16.8. The van der Waals surface area contributed by atoms with Crippen LogP contribution in [0.1, 0.15) is 32.3 Å². The predicted molar refractivity (Wildman–Crippen MR) is 81.1 cm³/mol. The van der Waals surface area contributed by atoms with Crippen molar-refractivity contribution in [2.75, 3.05) is 6.61 Å². The van der Waals surface area contributed by atoms with E-state index in [1.807, 2.05) is 31.2 Å². The number of hydrogen-bond acceptors (Lipinski definition) is 3. The average Bonchev–Trinajstić information content (AvgIpc) is 2.44. The van der Waals surface area contributed by atoms with Crippen LogP contribution in [0, 0.1) is 0 Å². The molecule has 0 aliphatic carbocycles. The molecular weight excluding hydrogens is 270 g/mol. The van der Waals surface area contributed by atoms with E-state index in [1.54, 1.807) is 13.0 Å². The Kier molecular flexibility index (Phi) is 7.01. The molecule has 1 aromatic rings. The van der Waals surface area contributed by atoms with Crippen LogP contribution in [-0.4, -0.2) is 29.6 Å². The van der Waals surface area contributed by atoms with Crippen molar-refractivity contribution in [3.63, 3.8) is 0 Å². The zero-order valence-electron chi connectivity index (χ0n) is 12.3. The highest BCUT2D eigenvalue weighted by atomic mass is 16.5. The maximum absolute atomic E-state index is 11.8. The van der Waals surface area contributed by atoms with Crippen molar-refractivity contribution in [2.24, 2.45) is 0 Å². The molecule has 0 aliphatic heterocycles. The van der Waals surface area contributed by atoms with Crippen molar-refractivity contribution in [3.05, 3.63) is 35.9 Å². The van der Waals surface area contributed by atoms with Crippen LogP contribution in [0.25, 0.3) is 6.08 Å². The van der Waals surface area contributed by atoms with Gasteiger partial charge in [0.05, 0.1) is 6.61 Å². The van der Waals surface area contributed by atoms with Crippen LogP contribution in [0.3, 0.4) is 0 Å². The number of ether oxygens (including phenoxy) is 1. The predicted octanol–water partition coefficient (Wildman–Crippen LogP) is 2.47. The van der Waals surface area contributed by atoms with Crippen molar-refractivity contribution in [1.82, 2.24) is 5.32 Å². The number of aliphatic carboxylic acids is 1. The zero-order chi connectivity index (χ0) is 15.7. The summed E-state index contributed by atoms with van der Waals surface area (Å²) >= 11 is 0. The quantitative estimate of drug-likeness (QED) is 0.721. The fraction of sp³-hybridized carbons (Fsp3) is 0.375. The Morgan fingerprint density at radius 2 is 2.10 bits per heavy atom. The molecule has 0 aromatic heterocycles. The molecule has 1 atom stereocenters. The second kappa shape index (κ2) is 8.79.